The van der Waals surface area contributed by atoms with E-state index in [9.17, 15) is 0 Å². The monoisotopic (exact) mass is 149 g/mol. The maximum atomic E-state index is 3.21. The van der Waals surface area contributed by atoms with Crippen molar-refractivity contribution in [2.75, 3.05) is 0 Å². The van der Waals surface area contributed by atoms with Crippen LogP contribution in [-0.2, 0) is 16.5 Å². The summed E-state index contributed by atoms with van der Waals surface area (Å²) >= 11 is 0. The molecule has 0 spiro atoms. The minimum absolute atomic E-state index is 0. The molecular formula is C7H7Ni-. The smallest absolute Gasteiger partial charge is 0 e. The molecule has 8 heavy (non-hydrogen) atoms. The molecule has 1 heteroatoms. The second kappa shape index (κ2) is 2.07. The predicted octanol–water partition coefficient (Wildman–Crippen LogP) is 1.84. The van der Waals surface area contributed by atoms with Crippen molar-refractivity contribution in [2.45, 2.75) is 19.3 Å². The molecule has 0 aromatic carbocycles. The normalized spacial score (nSPS) is 22.0. The molecule has 0 aromatic heterocycles. The van der Waals surface area contributed by atoms with E-state index in [4.69, 9.17) is 0 Å². The Kier molecular flexibility index (Phi) is 1.58. The Morgan fingerprint density at radius 1 is 1.38 bits per heavy atom. The third kappa shape index (κ3) is 0.757. The SMILES string of the molecule is [C-]1=C2CCC(=C1)C2.[Ni]. The number of hydrogen-bond donors (Lipinski definition) is 0. The molecule has 0 aromatic rings. The van der Waals surface area contributed by atoms with Crippen molar-refractivity contribution in [3.05, 3.63) is 23.3 Å². The fourth-order valence-corrected chi connectivity index (χ4v) is 1.21. The van der Waals surface area contributed by atoms with E-state index in [0.717, 1.165) is 0 Å². The van der Waals surface area contributed by atoms with Gasteiger partial charge in [-0.3, -0.25) is 6.08 Å². The van der Waals surface area contributed by atoms with E-state index >= 15 is 0 Å². The summed E-state index contributed by atoms with van der Waals surface area (Å²) in [6.07, 6.45) is 9.22. The second-order valence-corrected chi connectivity index (χ2v) is 2.23. The summed E-state index contributed by atoms with van der Waals surface area (Å²) in [5.41, 5.74) is 3.12. The van der Waals surface area contributed by atoms with E-state index < -0.39 is 0 Å². The zero-order valence-corrected chi connectivity index (χ0v) is 5.50. The minimum Gasteiger partial charge on any atom is -0.253 e. The van der Waals surface area contributed by atoms with Gasteiger partial charge in [0.2, 0.25) is 0 Å². The first kappa shape index (κ1) is 6.10. The molecule has 0 N–H and O–H groups in total. The van der Waals surface area contributed by atoms with Gasteiger partial charge < -0.3 is 0 Å². The molecule has 1 saturated carbocycles. The van der Waals surface area contributed by atoms with Gasteiger partial charge in [0, 0.05) is 16.5 Å². The van der Waals surface area contributed by atoms with Crippen LogP contribution >= 0.6 is 0 Å². The van der Waals surface area contributed by atoms with Gasteiger partial charge in [-0.2, -0.15) is 5.57 Å². The number of allylic oxidation sites excluding steroid dienone is 4. The van der Waals surface area contributed by atoms with Crippen LogP contribution in [0.2, 0.25) is 0 Å². The summed E-state index contributed by atoms with van der Waals surface area (Å²) < 4.78 is 0. The largest absolute Gasteiger partial charge is 0.253 e. The Morgan fingerprint density at radius 2 is 2.25 bits per heavy atom. The third-order valence-corrected chi connectivity index (χ3v) is 1.67. The first-order valence-electron chi connectivity index (χ1n) is 2.74. The van der Waals surface area contributed by atoms with Gasteiger partial charge in [-0.1, -0.05) is 19.3 Å². The maximum Gasteiger partial charge on any atom is 0 e. The number of hydrogen-bond acceptors (Lipinski definition) is 0. The second-order valence-electron chi connectivity index (χ2n) is 2.23. The van der Waals surface area contributed by atoms with E-state index in [1.165, 1.54) is 24.8 Å². The molecule has 46 valence electrons. The molecule has 2 bridgehead atoms. The molecule has 0 heterocycles. The van der Waals surface area contributed by atoms with Crippen molar-refractivity contribution in [3.63, 3.8) is 0 Å². The van der Waals surface area contributed by atoms with Crippen LogP contribution in [0.15, 0.2) is 17.2 Å². The summed E-state index contributed by atoms with van der Waals surface area (Å²) in [6.45, 7) is 0. The third-order valence-electron chi connectivity index (χ3n) is 1.67. The van der Waals surface area contributed by atoms with E-state index in [1.54, 1.807) is 5.57 Å². The van der Waals surface area contributed by atoms with Crippen molar-refractivity contribution in [3.8, 4) is 0 Å². The molecule has 0 atom stereocenters. The number of rotatable bonds is 0. The molecule has 1 fully saturated rings. The molecule has 2 aliphatic rings. The van der Waals surface area contributed by atoms with Crippen molar-refractivity contribution < 1.29 is 16.5 Å². The molecule has 2 rings (SSSR count). The Hall–Kier alpha value is -0.0265. The van der Waals surface area contributed by atoms with E-state index in [2.05, 4.69) is 12.2 Å². The Balaban J connectivity index is 0.000000320. The zero-order chi connectivity index (χ0) is 4.69. The van der Waals surface area contributed by atoms with Crippen molar-refractivity contribution in [1.82, 2.24) is 0 Å². The Labute approximate surface area is 59.6 Å². The first-order valence-corrected chi connectivity index (χ1v) is 2.74. The zero-order valence-electron chi connectivity index (χ0n) is 4.51. The van der Waals surface area contributed by atoms with Crippen LogP contribution in [0, 0.1) is 6.08 Å². The fraction of sp³-hybridized carbons (Fsp3) is 0.429. The van der Waals surface area contributed by atoms with Gasteiger partial charge in [0.15, 0.2) is 0 Å². The molecular weight excluding hydrogens is 143 g/mol. The maximum absolute atomic E-state index is 3.21. The van der Waals surface area contributed by atoms with Crippen LogP contribution in [0.4, 0.5) is 0 Å². The fourth-order valence-electron chi connectivity index (χ4n) is 1.21. The van der Waals surface area contributed by atoms with Gasteiger partial charge in [0.1, 0.15) is 0 Å². The summed E-state index contributed by atoms with van der Waals surface area (Å²) in [5.74, 6) is 0. The molecule has 0 radical (unpaired) electrons. The van der Waals surface area contributed by atoms with Crippen LogP contribution in [0.3, 0.4) is 0 Å². The van der Waals surface area contributed by atoms with Crippen molar-refractivity contribution in [1.29, 1.82) is 0 Å². The molecule has 0 saturated heterocycles. The van der Waals surface area contributed by atoms with Crippen LogP contribution in [-0.4, -0.2) is 0 Å². The molecule has 0 amide bonds. The van der Waals surface area contributed by atoms with Gasteiger partial charge in [0.05, 0.1) is 0 Å². The molecule has 2 aliphatic carbocycles. The first-order chi connectivity index (χ1) is 3.45. The van der Waals surface area contributed by atoms with E-state index in [1.807, 2.05) is 0 Å². The van der Waals surface area contributed by atoms with Gasteiger partial charge in [-0.25, -0.2) is 11.6 Å². The van der Waals surface area contributed by atoms with Crippen LogP contribution in [0.25, 0.3) is 0 Å². The average molecular weight is 150 g/mol. The molecule has 0 nitrogen and oxygen atoms in total. The minimum atomic E-state index is 0. The number of fused-ring (bicyclic) bond motifs is 2. The summed E-state index contributed by atoms with van der Waals surface area (Å²) in [4.78, 5) is 0. The summed E-state index contributed by atoms with van der Waals surface area (Å²) in [6, 6.07) is 0. The van der Waals surface area contributed by atoms with Gasteiger partial charge >= 0.3 is 0 Å². The van der Waals surface area contributed by atoms with Crippen molar-refractivity contribution in [2.24, 2.45) is 0 Å². The van der Waals surface area contributed by atoms with Gasteiger partial charge in [-0.05, 0) is 0 Å². The summed E-state index contributed by atoms with van der Waals surface area (Å²) in [7, 11) is 0. The van der Waals surface area contributed by atoms with E-state index in [-0.39, 0.29) is 16.5 Å². The average Bonchev–Trinajstić information content (AvgIpc) is 2.22. The Bertz CT molecular complexity index is 136. The summed E-state index contributed by atoms with van der Waals surface area (Å²) in [5, 5.41) is 0. The quantitative estimate of drug-likeness (QED) is 0.365. The standard InChI is InChI=1S/C7H7.Ni/c1-2-7-4-3-6(1)5-7;/h1H,3-5H2;/q-1;. The predicted molar refractivity (Wildman–Crippen MR) is 28.7 cm³/mol. The van der Waals surface area contributed by atoms with Crippen LogP contribution in [0.1, 0.15) is 19.3 Å². The molecule has 0 aliphatic heterocycles. The topological polar surface area (TPSA) is 0 Å². The van der Waals surface area contributed by atoms with E-state index in [0.29, 0.717) is 0 Å². The van der Waals surface area contributed by atoms with Crippen LogP contribution in [0.5, 0.6) is 0 Å². The van der Waals surface area contributed by atoms with Crippen LogP contribution < -0.4 is 0 Å². The van der Waals surface area contributed by atoms with Crippen molar-refractivity contribution >= 4 is 0 Å². The van der Waals surface area contributed by atoms with Gasteiger partial charge in [0.25, 0.3) is 0 Å². The van der Waals surface area contributed by atoms with Gasteiger partial charge in [-0.15, -0.1) is 0 Å². The molecule has 0 unspecified atom stereocenters. The Morgan fingerprint density at radius 3 is 2.38 bits per heavy atom.